The van der Waals surface area contributed by atoms with E-state index in [9.17, 15) is 4.79 Å². The van der Waals surface area contributed by atoms with Crippen LogP contribution in [0.1, 0.15) is 23.0 Å². The maximum Gasteiger partial charge on any atom is 0.289 e. The molecule has 3 rings (SSSR count). The van der Waals surface area contributed by atoms with E-state index in [0.29, 0.717) is 23.5 Å². The first kappa shape index (κ1) is 19.4. The molecule has 144 valence electrons. The zero-order valence-electron chi connectivity index (χ0n) is 16.2. The second-order valence-electron chi connectivity index (χ2n) is 6.67. The number of amides is 1. The molecular formula is C21H23N5O2. The number of aryl methyl sites for hydroxylation is 1. The number of benzene rings is 1. The largest absolute Gasteiger partial charge is 0.447 e. The minimum Gasteiger partial charge on any atom is -0.447 e. The van der Waals surface area contributed by atoms with Crippen LogP contribution in [0, 0.1) is 6.57 Å². The molecule has 0 unspecified atom stereocenters. The number of nitrogens with one attached hydrogen (secondary N) is 2. The van der Waals surface area contributed by atoms with Crippen LogP contribution in [-0.4, -0.2) is 43.0 Å². The summed E-state index contributed by atoms with van der Waals surface area (Å²) in [6, 6.07) is 7.29. The van der Waals surface area contributed by atoms with E-state index in [1.165, 1.54) is 0 Å². The average molecular weight is 377 g/mol. The molecule has 0 saturated heterocycles. The van der Waals surface area contributed by atoms with Gasteiger partial charge in [0.05, 0.1) is 18.5 Å². The molecule has 2 heterocycles. The topological polar surface area (TPSA) is 74.8 Å². The highest BCUT2D eigenvalue weighted by Gasteiger charge is 2.21. The first-order chi connectivity index (χ1) is 13.5. The van der Waals surface area contributed by atoms with E-state index in [-0.39, 0.29) is 11.7 Å². The van der Waals surface area contributed by atoms with Crippen molar-refractivity contribution in [3.8, 4) is 0 Å². The van der Waals surface area contributed by atoms with Crippen LogP contribution < -0.4 is 10.6 Å². The highest BCUT2D eigenvalue weighted by atomic mass is 16.3. The fourth-order valence-corrected chi connectivity index (χ4v) is 2.91. The normalized spacial score (nSPS) is 10.8. The molecule has 0 aliphatic carbocycles. The summed E-state index contributed by atoms with van der Waals surface area (Å²) in [5, 5.41) is 7.02. The number of hydrogen-bond acceptors (Lipinski definition) is 5. The number of anilines is 2. The fourth-order valence-electron chi connectivity index (χ4n) is 2.91. The number of pyridine rings is 1. The van der Waals surface area contributed by atoms with Crippen LogP contribution in [-0.2, 0) is 6.42 Å². The lowest BCUT2D eigenvalue weighted by atomic mass is 10.1. The van der Waals surface area contributed by atoms with Crippen molar-refractivity contribution < 1.29 is 9.21 Å². The van der Waals surface area contributed by atoms with Crippen LogP contribution in [0.15, 0.2) is 41.1 Å². The lowest BCUT2D eigenvalue weighted by Gasteiger charge is -2.13. The van der Waals surface area contributed by atoms with Gasteiger partial charge in [-0.15, -0.1) is 0 Å². The van der Waals surface area contributed by atoms with E-state index in [4.69, 9.17) is 11.0 Å². The van der Waals surface area contributed by atoms with Crippen molar-refractivity contribution in [1.82, 2.24) is 15.2 Å². The molecule has 7 heteroatoms. The van der Waals surface area contributed by atoms with Crippen LogP contribution in [0.5, 0.6) is 0 Å². The Morgan fingerprint density at radius 2 is 2.14 bits per heavy atom. The number of hydrogen-bond donors (Lipinski definition) is 2. The van der Waals surface area contributed by atoms with Gasteiger partial charge in [0.15, 0.2) is 11.3 Å². The molecule has 0 atom stereocenters. The first-order valence-corrected chi connectivity index (χ1v) is 9.10. The maximum absolute atomic E-state index is 12.7. The van der Waals surface area contributed by atoms with E-state index in [0.717, 1.165) is 29.6 Å². The number of carbonyl (C=O) groups is 1. The zero-order chi connectivity index (χ0) is 20.1. The number of rotatable bonds is 7. The molecule has 0 radical (unpaired) electrons. The first-order valence-electron chi connectivity index (χ1n) is 9.10. The lowest BCUT2D eigenvalue weighted by Crippen LogP contribution is -2.31. The van der Waals surface area contributed by atoms with Gasteiger partial charge in [-0.3, -0.25) is 9.78 Å². The highest BCUT2D eigenvalue weighted by molar-refractivity contribution is 6.07. The van der Waals surface area contributed by atoms with Crippen LogP contribution in [0.3, 0.4) is 0 Å². The number of fused-ring (bicyclic) bond motifs is 1. The van der Waals surface area contributed by atoms with Gasteiger partial charge in [-0.25, -0.2) is 4.85 Å². The van der Waals surface area contributed by atoms with E-state index in [2.05, 4.69) is 20.5 Å². The molecule has 7 nitrogen and oxygen atoms in total. The Kier molecular flexibility index (Phi) is 5.92. The number of likely N-dealkylation sites (N-methyl/N-ethyl adjacent to an activating group) is 1. The molecule has 1 amide bonds. The second kappa shape index (κ2) is 8.55. The third kappa shape index (κ3) is 4.13. The minimum atomic E-state index is -0.281. The Balaban J connectivity index is 1.98. The summed E-state index contributed by atoms with van der Waals surface area (Å²) in [6.45, 7) is 10.5. The number of nitrogens with zero attached hydrogens (tertiary/aromatic N) is 3. The monoisotopic (exact) mass is 377 g/mol. The molecule has 0 aliphatic rings. The van der Waals surface area contributed by atoms with E-state index < -0.39 is 0 Å². The van der Waals surface area contributed by atoms with Crippen molar-refractivity contribution in [3.05, 3.63) is 59.4 Å². The lowest BCUT2D eigenvalue weighted by molar-refractivity contribution is 0.0926. The summed E-state index contributed by atoms with van der Waals surface area (Å²) < 4.78 is 5.81. The standard InChI is InChI=1S/C21H23N5O2/c1-5-14-12-15(22-2)6-7-17(14)25-19-16-8-9-23-13-18(16)28-20(19)21(27)24-10-11-26(3)4/h6-9,12-13,25H,5,10-11H2,1,3-4H3,(H,24,27). The van der Waals surface area contributed by atoms with Gasteiger partial charge < -0.3 is 20.0 Å². The van der Waals surface area contributed by atoms with Gasteiger partial charge in [0.1, 0.15) is 0 Å². The molecule has 3 aromatic rings. The number of carbonyl (C=O) groups excluding carboxylic acids is 1. The van der Waals surface area contributed by atoms with Crippen molar-refractivity contribution in [3.63, 3.8) is 0 Å². The zero-order valence-corrected chi connectivity index (χ0v) is 16.2. The van der Waals surface area contributed by atoms with Crippen molar-refractivity contribution in [2.45, 2.75) is 13.3 Å². The highest BCUT2D eigenvalue weighted by Crippen LogP contribution is 2.34. The Morgan fingerprint density at radius 3 is 2.86 bits per heavy atom. The van der Waals surface area contributed by atoms with Gasteiger partial charge in [0.2, 0.25) is 5.76 Å². The van der Waals surface area contributed by atoms with Gasteiger partial charge in [-0.1, -0.05) is 19.1 Å². The Hall–Kier alpha value is -3.37. The van der Waals surface area contributed by atoms with Gasteiger partial charge in [0, 0.05) is 30.4 Å². The Morgan fingerprint density at radius 1 is 1.32 bits per heavy atom. The molecule has 0 saturated carbocycles. The predicted molar refractivity (Wildman–Crippen MR) is 110 cm³/mol. The third-order valence-electron chi connectivity index (χ3n) is 4.40. The Labute approximate surface area is 164 Å². The van der Waals surface area contributed by atoms with Crippen molar-refractivity contribution >= 4 is 33.9 Å². The van der Waals surface area contributed by atoms with E-state index >= 15 is 0 Å². The molecule has 0 spiro atoms. The summed E-state index contributed by atoms with van der Waals surface area (Å²) in [7, 11) is 3.90. The Bertz CT molecular complexity index is 1030. The van der Waals surface area contributed by atoms with Crippen LogP contribution in [0.4, 0.5) is 17.1 Å². The molecule has 28 heavy (non-hydrogen) atoms. The van der Waals surface area contributed by atoms with E-state index in [1.54, 1.807) is 18.5 Å². The molecule has 0 aliphatic heterocycles. The van der Waals surface area contributed by atoms with Gasteiger partial charge in [-0.2, -0.15) is 0 Å². The predicted octanol–water partition coefficient (Wildman–Crippen LogP) is 3.98. The molecule has 2 N–H and O–H groups in total. The molecule has 2 aromatic heterocycles. The second-order valence-corrected chi connectivity index (χ2v) is 6.67. The van der Waals surface area contributed by atoms with Gasteiger partial charge >= 0.3 is 0 Å². The minimum absolute atomic E-state index is 0.220. The van der Waals surface area contributed by atoms with Crippen LogP contribution >= 0.6 is 0 Å². The van der Waals surface area contributed by atoms with E-state index in [1.807, 2.05) is 44.1 Å². The summed E-state index contributed by atoms with van der Waals surface area (Å²) in [5.74, 6) is -0.0607. The summed E-state index contributed by atoms with van der Waals surface area (Å²) in [4.78, 5) is 22.3. The quantitative estimate of drug-likeness (QED) is 0.609. The average Bonchev–Trinajstić information content (AvgIpc) is 3.06. The summed E-state index contributed by atoms with van der Waals surface area (Å²) in [6.07, 6.45) is 4.02. The fraction of sp³-hybridized carbons (Fsp3) is 0.286. The van der Waals surface area contributed by atoms with Crippen molar-refractivity contribution in [1.29, 1.82) is 0 Å². The van der Waals surface area contributed by atoms with Gasteiger partial charge in [-0.05, 0) is 38.2 Å². The number of aromatic nitrogens is 1. The molecular weight excluding hydrogens is 354 g/mol. The number of furan rings is 1. The van der Waals surface area contributed by atoms with Crippen LogP contribution in [0.2, 0.25) is 0 Å². The summed E-state index contributed by atoms with van der Waals surface area (Å²) >= 11 is 0. The maximum atomic E-state index is 12.7. The third-order valence-corrected chi connectivity index (χ3v) is 4.40. The van der Waals surface area contributed by atoms with Crippen molar-refractivity contribution in [2.75, 3.05) is 32.5 Å². The summed E-state index contributed by atoms with van der Waals surface area (Å²) in [5.41, 5.74) is 3.57. The molecule has 0 fully saturated rings. The van der Waals surface area contributed by atoms with Crippen LogP contribution in [0.25, 0.3) is 15.8 Å². The smallest absolute Gasteiger partial charge is 0.289 e. The van der Waals surface area contributed by atoms with Crippen molar-refractivity contribution in [2.24, 2.45) is 0 Å². The van der Waals surface area contributed by atoms with Gasteiger partial charge in [0.25, 0.3) is 5.91 Å². The molecule has 0 bridgehead atoms. The SMILES string of the molecule is [C-]#[N+]c1ccc(Nc2c(C(=O)NCCN(C)C)oc3cnccc23)c(CC)c1. The molecule has 1 aromatic carbocycles.